The first-order valence-electron chi connectivity index (χ1n) is 8.65. The van der Waals surface area contributed by atoms with Crippen molar-refractivity contribution in [1.29, 1.82) is 0 Å². The van der Waals surface area contributed by atoms with Crippen LogP contribution in [-0.2, 0) is 15.7 Å². The molecule has 0 aliphatic carbocycles. The molecule has 2 aromatic rings. The maximum Gasteiger partial charge on any atom is 0.416 e. The number of morpholine rings is 1. The van der Waals surface area contributed by atoms with Gasteiger partial charge in [-0.3, -0.25) is 4.79 Å². The van der Waals surface area contributed by atoms with E-state index in [1.165, 1.54) is 18.2 Å². The molecule has 0 aromatic heterocycles. The Hall–Kier alpha value is -2.16. The van der Waals surface area contributed by atoms with E-state index in [9.17, 15) is 18.0 Å². The van der Waals surface area contributed by atoms with Crippen LogP contribution < -0.4 is 15.0 Å². The maximum atomic E-state index is 13.1. The van der Waals surface area contributed by atoms with Crippen molar-refractivity contribution in [3.8, 4) is 5.75 Å². The molecule has 1 N–H and O–H groups in total. The Kier molecular flexibility index (Phi) is 6.77. The summed E-state index contributed by atoms with van der Waals surface area (Å²) in [6.07, 6.45) is -4.53. The zero-order chi connectivity index (χ0) is 21.0. The lowest BCUT2D eigenvalue weighted by atomic mass is 10.1. The number of rotatable bonds is 5. The molecule has 1 heterocycles. The van der Waals surface area contributed by atoms with Crippen LogP contribution in [0.4, 0.5) is 24.5 Å². The molecule has 1 saturated heterocycles. The van der Waals surface area contributed by atoms with Gasteiger partial charge in [0.2, 0.25) is 0 Å². The molecule has 0 saturated carbocycles. The summed E-state index contributed by atoms with van der Waals surface area (Å²) in [5.41, 5.74) is -0.317. The summed E-state index contributed by atoms with van der Waals surface area (Å²) in [4.78, 5) is 14.2. The van der Waals surface area contributed by atoms with Crippen molar-refractivity contribution in [3.05, 3.63) is 52.0 Å². The third kappa shape index (κ3) is 5.68. The maximum absolute atomic E-state index is 13.1. The Morgan fingerprint density at radius 2 is 1.86 bits per heavy atom. The number of halogens is 5. The van der Waals surface area contributed by atoms with E-state index in [2.05, 4.69) is 5.32 Å². The van der Waals surface area contributed by atoms with Crippen LogP contribution >= 0.6 is 23.2 Å². The molecule has 3 rings (SSSR count). The third-order valence-electron chi connectivity index (χ3n) is 4.20. The molecule has 1 fully saturated rings. The molecule has 29 heavy (non-hydrogen) atoms. The van der Waals surface area contributed by atoms with Crippen LogP contribution in [0.15, 0.2) is 36.4 Å². The molecule has 1 aliphatic heterocycles. The van der Waals surface area contributed by atoms with Crippen LogP contribution in [0.2, 0.25) is 10.0 Å². The van der Waals surface area contributed by atoms with Crippen LogP contribution in [0.5, 0.6) is 5.75 Å². The van der Waals surface area contributed by atoms with Crippen molar-refractivity contribution in [2.45, 2.75) is 6.18 Å². The molecular formula is C19H17Cl2F3N2O3. The number of carbonyl (C=O) groups excluding carboxylic acids is 1. The number of ether oxygens (including phenoxy) is 2. The van der Waals surface area contributed by atoms with E-state index in [-0.39, 0.29) is 16.5 Å². The first-order valence-corrected chi connectivity index (χ1v) is 9.41. The van der Waals surface area contributed by atoms with Crippen LogP contribution in [-0.4, -0.2) is 38.8 Å². The highest BCUT2D eigenvalue weighted by Crippen LogP contribution is 2.36. The molecule has 0 bridgehead atoms. The van der Waals surface area contributed by atoms with Crippen molar-refractivity contribution in [3.63, 3.8) is 0 Å². The molecule has 1 aliphatic rings. The molecule has 156 valence electrons. The van der Waals surface area contributed by atoms with E-state index in [0.29, 0.717) is 37.0 Å². The lowest BCUT2D eigenvalue weighted by Crippen LogP contribution is -2.37. The van der Waals surface area contributed by atoms with Crippen molar-refractivity contribution >= 4 is 40.5 Å². The van der Waals surface area contributed by atoms with E-state index in [1.54, 1.807) is 6.07 Å². The summed E-state index contributed by atoms with van der Waals surface area (Å²) in [5, 5.41) is 3.13. The van der Waals surface area contributed by atoms with Crippen molar-refractivity contribution in [2.24, 2.45) is 0 Å². The number of amides is 1. The SMILES string of the molecule is O=C(COc1ccc(Cl)cc1Cl)Nc1cc(C(F)(F)F)ccc1N1CCOCC1. The molecule has 10 heteroatoms. The summed E-state index contributed by atoms with van der Waals surface area (Å²) in [6.45, 7) is 1.48. The highest BCUT2D eigenvalue weighted by Gasteiger charge is 2.32. The van der Waals surface area contributed by atoms with E-state index in [4.69, 9.17) is 32.7 Å². The fraction of sp³-hybridized carbons (Fsp3) is 0.316. The van der Waals surface area contributed by atoms with Crippen molar-refractivity contribution in [2.75, 3.05) is 43.1 Å². The zero-order valence-corrected chi connectivity index (χ0v) is 16.6. The van der Waals surface area contributed by atoms with Gasteiger partial charge in [-0.05, 0) is 36.4 Å². The fourth-order valence-corrected chi connectivity index (χ4v) is 3.28. The minimum atomic E-state index is -4.53. The third-order valence-corrected chi connectivity index (χ3v) is 4.73. The highest BCUT2D eigenvalue weighted by atomic mass is 35.5. The molecule has 2 aromatic carbocycles. The second-order valence-electron chi connectivity index (χ2n) is 6.24. The average Bonchev–Trinajstić information content (AvgIpc) is 2.67. The summed E-state index contributed by atoms with van der Waals surface area (Å²) in [7, 11) is 0. The molecule has 1 amide bonds. The Balaban J connectivity index is 1.76. The number of alkyl halides is 3. The van der Waals surface area contributed by atoms with Crippen LogP contribution in [0, 0.1) is 0 Å². The highest BCUT2D eigenvalue weighted by molar-refractivity contribution is 6.35. The normalized spacial score (nSPS) is 14.6. The summed E-state index contributed by atoms with van der Waals surface area (Å²) < 4.78 is 50.0. The second kappa shape index (κ2) is 9.11. The van der Waals surface area contributed by atoms with Gasteiger partial charge in [-0.15, -0.1) is 0 Å². The van der Waals surface area contributed by atoms with Gasteiger partial charge in [0.25, 0.3) is 5.91 Å². The number of nitrogens with zero attached hydrogens (tertiary/aromatic N) is 1. The summed E-state index contributed by atoms with van der Waals surface area (Å²) >= 11 is 11.8. The quantitative estimate of drug-likeness (QED) is 0.708. The van der Waals surface area contributed by atoms with Crippen molar-refractivity contribution in [1.82, 2.24) is 0 Å². The first-order chi connectivity index (χ1) is 13.7. The molecule has 0 spiro atoms. The standard InChI is InChI=1S/C19H17Cl2F3N2O3/c20-13-2-4-17(14(21)10-13)29-11-18(27)25-15-9-12(19(22,23)24)1-3-16(15)26-5-7-28-8-6-26/h1-4,9-10H,5-8,11H2,(H,25,27). The number of hydrogen-bond acceptors (Lipinski definition) is 4. The minimum Gasteiger partial charge on any atom is -0.482 e. The van der Waals surface area contributed by atoms with Gasteiger partial charge in [0.15, 0.2) is 6.61 Å². The number of nitrogens with one attached hydrogen (secondary N) is 1. The smallest absolute Gasteiger partial charge is 0.416 e. The van der Waals surface area contributed by atoms with Crippen molar-refractivity contribution < 1.29 is 27.4 Å². The largest absolute Gasteiger partial charge is 0.482 e. The van der Waals surface area contributed by atoms with Crippen LogP contribution in [0.25, 0.3) is 0 Å². The lowest BCUT2D eigenvalue weighted by molar-refractivity contribution is -0.137. The van der Waals surface area contributed by atoms with Gasteiger partial charge in [-0.25, -0.2) is 0 Å². The van der Waals surface area contributed by atoms with Crippen LogP contribution in [0.1, 0.15) is 5.56 Å². The van der Waals surface area contributed by atoms with Crippen LogP contribution in [0.3, 0.4) is 0 Å². The summed E-state index contributed by atoms with van der Waals surface area (Å²) in [6, 6.07) is 7.76. The summed E-state index contributed by atoms with van der Waals surface area (Å²) in [5.74, 6) is -0.381. The Morgan fingerprint density at radius 1 is 1.14 bits per heavy atom. The molecule has 0 unspecified atom stereocenters. The van der Waals surface area contributed by atoms with Gasteiger partial charge < -0.3 is 19.7 Å². The Labute approximate surface area is 175 Å². The van der Waals surface area contributed by atoms with Gasteiger partial charge in [0, 0.05) is 18.1 Å². The number of benzene rings is 2. The minimum absolute atomic E-state index is 0.0533. The molecule has 5 nitrogen and oxygen atoms in total. The average molecular weight is 449 g/mol. The first kappa shape index (κ1) is 21.5. The molecular weight excluding hydrogens is 432 g/mol. The van der Waals surface area contributed by atoms with E-state index in [0.717, 1.165) is 12.1 Å². The number of carbonyl (C=O) groups is 1. The predicted molar refractivity (Wildman–Crippen MR) is 105 cm³/mol. The Morgan fingerprint density at radius 3 is 2.52 bits per heavy atom. The topological polar surface area (TPSA) is 50.8 Å². The van der Waals surface area contributed by atoms with E-state index in [1.807, 2.05) is 4.90 Å². The van der Waals surface area contributed by atoms with E-state index < -0.39 is 24.3 Å². The fourth-order valence-electron chi connectivity index (χ4n) is 2.81. The number of hydrogen-bond donors (Lipinski definition) is 1. The molecule has 0 radical (unpaired) electrons. The monoisotopic (exact) mass is 448 g/mol. The van der Waals surface area contributed by atoms with Gasteiger partial charge in [0.05, 0.1) is 35.2 Å². The number of anilines is 2. The van der Waals surface area contributed by atoms with E-state index >= 15 is 0 Å². The Bertz CT molecular complexity index is 887. The molecule has 0 atom stereocenters. The van der Waals surface area contributed by atoms with Gasteiger partial charge in [-0.2, -0.15) is 13.2 Å². The zero-order valence-electron chi connectivity index (χ0n) is 15.1. The van der Waals surface area contributed by atoms with Gasteiger partial charge in [0.1, 0.15) is 5.75 Å². The lowest BCUT2D eigenvalue weighted by Gasteiger charge is -2.31. The van der Waals surface area contributed by atoms with Gasteiger partial charge >= 0.3 is 6.18 Å². The van der Waals surface area contributed by atoms with Gasteiger partial charge in [-0.1, -0.05) is 23.2 Å². The predicted octanol–water partition coefficient (Wildman–Crippen LogP) is 4.87. The second-order valence-corrected chi connectivity index (χ2v) is 7.08.